The van der Waals surface area contributed by atoms with Crippen molar-refractivity contribution in [2.75, 3.05) is 5.75 Å². The zero-order chi connectivity index (χ0) is 7.68. The van der Waals surface area contributed by atoms with E-state index in [0.29, 0.717) is 0 Å². The van der Waals surface area contributed by atoms with E-state index in [2.05, 4.69) is 33.8 Å². The molecule has 2 heterocycles. The predicted octanol–water partition coefficient (Wildman–Crippen LogP) is 3.43. The number of hydrogen-bond acceptors (Lipinski definition) is 2. The van der Waals surface area contributed by atoms with Crippen molar-refractivity contribution in [2.24, 2.45) is 0 Å². The van der Waals surface area contributed by atoms with Gasteiger partial charge < -0.3 is 0 Å². The van der Waals surface area contributed by atoms with E-state index in [1.807, 2.05) is 11.3 Å². The van der Waals surface area contributed by atoms with Crippen LogP contribution in [-0.2, 0) is 17.5 Å². The van der Waals surface area contributed by atoms with E-state index < -0.39 is 0 Å². The molecule has 1 aromatic rings. The van der Waals surface area contributed by atoms with Crippen LogP contribution in [0.3, 0.4) is 0 Å². The fourth-order valence-corrected chi connectivity index (χ4v) is 4.01. The van der Waals surface area contributed by atoms with Crippen LogP contribution in [0.15, 0.2) is 6.07 Å². The van der Waals surface area contributed by atoms with Crippen molar-refractivity contribution in [1.82, 2.24) is 0 Å². The van der Waals surface area contributed by atoms with Gasteiger partial charge in [0, 0.05) is 20.8 Å². The van der Waals surface area contributed by atoms with Crippen LogP contribution in [-0.4, -0.2) is 5.75 Å². The molecule has 1 aromatic heterocycles. The molecule has 0 aromatic carbocycles. The molecule has 1 aliphatic heterocycles. The zero-order valence-corrected chi connectivity index (χ0v) is 9.32. The fourth-order valence-electron chi connectivity index (χ4n) is 1.27. The van der Waals surface area contributed by atoms with Crippen LogP contribution in [0.5, 0.6) is 0 Å². The number of thiophene rings is 1. The van der Waals surface area contributed by atoms with Gasteiger partial charge in [0.15, 0.2) is 0 Å². The first-order valence-electron chi connectivity index (χ1n) is 3.64. The lowest BCUT2D eigenvalue weighted by Gasteiger charge is -2.08. The Morgan fingerprint density at radius 1 is 1.55 bits per heavy atom. The van der Waals surface area contributed by atoms with Gasteiger partial charge in [0.25, 0.3) is 0 Å². The van der Waals surface area contributed by atoms with Gasteiger partial charge in [0.1, 0.15) is 0 Å². The Kier molecular flexibility index (Phi) is 2.59. The molecule has 0 radical (unpaired) electrons. The van der Waals surface area contributed by atoms with Crippen molar-refractivity contribution in [2.45, 2.75) is 17.5 Å². The van der Waals surface area contributed by atoms with Crippen molar-refractivity contribution in [3.8, 4) is 0 Å². The number of thioether (sulfide) groups is 1. The third kappa shape index (κ3) is 1.65. The molecule has 0 amide bonds. The topological polar surface area (TPSA) is 0 Å². The van der Waals surface area contributed by atoms with Crippen LogP contribution in [0.25, 0.3) is 0 Å². The third-order valence-corrected chi connectivity index (χ3v) is 5.03. The summed E-state index contributed by atoms with van der Waals surface area (Å²) in [7, 11) is 0. The van der Waals surface area contributed by atoms with Crippen molar-refractivity contribution in [3.05, 3.63) is 21.4 Å². The van der Waals surface area contributed by atoms with Gasteiger partial charge in [-0.1, -0.05) is 15.9 Å². The largest absolute Gasteiger partial charge is 0.157 e. The standard InChI is InChI=1S/C8H9BrS2/c9-4-7-3-6-5-10-2-1-8(6)11-7/h3H,1-2,4-5H2. The van der Waals surface area contributed by atoms with Crippen LogP contribution < -0.4 is 0 Å². The molecule has 0 N–H and O–H groups in total. The second kappa shape index (κ2) is 3.50. The fraction of sp³-hybridized carbons (Fsp3) is 0.500. The van der Waals surface area contributed by atoms with E-state index in [1.165, 1.54) is 22.8 Å². The summed E-state index contributed by atoms with van der Waals surface area (Å²) in [6, 6.07) is 2.35. The summed E-state index contributed by atoms with van der Waals surface area (Å²) in [6.45, 7) is 0. The summed E-state index contributed by atoms with van der Waals surface area (Å²) in [4.78, 5) is 3.11. The van der Waals surface area contributed by atoms with Gasteiger partial charge in [-0.3, -0.25) is 0 Å². The minimum Gasteiger partial charge on any atom is -0.157 e. The highest BCUT2D eigenvalue weighted by Gasteiger charge is 2.12. The highest BCUT2D eigenvalue weighted by Crippen LogP contribution is 2.32. The highest BCUT2D eigenvalue weighted by molar-refractivity contribution is 9.08. The van der Waals surface area contributed by atoms with Crippen molar-refractivity contribution < 1.29 is 0 Å². The molecular formula is C8H9BrS2. The van der Waals surface area contributed by atoms with Crippen LogP contribution in [0, 0.1) is 0 Å². The summed E-state index contributed by atoms with van der Waals surface area (Å²) in [5.74, 6) is 2.55. The summed E-state index contributed by atoms with van der Waals surface area (Å²) < 4.78 is 0. The first kappa shape index (κ1) is 8.14. The normalized spacial score (nSPS) is 16.5. The summed E-state index contributed by atoms with van der Waals surface area (Å²) >= 11 is 7.52. The van der Waals surface area contributed by atoms with Crippen LogP contribution in [0.4, 0.5) is 0 Å². The van der Waals surface area contributed by atoms with E-state index in [4.69, 9.17) is 0 Å². The lowest BCUT2D eigenvalue weighted by Crippen LogP contribution is -1.96. The van der Waals surface area contributed by atoms with Crippen LogP contribution >= 0.6 is 39.0 Å². The average Bonchev–Trinajstić information content (AvgIpc) is 2.46. The molecule has 0 spiro atoms. The third-order valence-electron chi connectivity index (χ3n) is 1.81. The Bertz CT molecular complexity index is 231. The minimum absolute atomic E-state index is 1.02. The van der Waals surface area contributed by atoms with E-state index in [-0.39, 0.29) is 0 Å². The molecule has 3 heteroatoms. The smallest absolute Gasteiger partial charge is 0.0377 e. The average molecular weight is 249 g/mol. The second-order valence-corrected chi connectivity index (χ2v) is 5.48. The highest BCUT2D eigenvalue weighted by atomic mass is 79.9. The lowest BCUT2D eigenvalue weighted by atomic mass is 10.2. The minimum atomic E-state index is 1.02. The van der Waals surface area contributed by atoms with Gasteiger partial charge in [-0.05, 0) is 23.8 Å². The van der Waals surface area contributed by atoms with Gasteiger partial charge in [-0.25, -0.2) is 0 Å². The molecule has 0 aliphatic carbocycles. The van der Waals surface area contributed by atoms with Crippen LogP contribution in [0.2, 0.25) is 0 Å². The molecular weight excluding hydrogens is 240 g/mol. The number of aryl methyl sites for hydroxylation is 1. The molecule has 1 aliphatic rings. The van der Waals surface area contributed by atoms with E-state index >= 15 is 0 Å². The Hall–Kier alpha value is 0.530. The molecule has 0 atom stereocenters. The quantitative estimate of drug-likeness (QED) is 0.687. The molecule has 0 fully saturated rings. The number of hydrogen-bond donors (Lipinski definition) is 0. The predicted molar refractivity (Wildman–Crippen MR) is 56.8 cm³/mol. The Labute approximate surface area is 83.5 Å². The van der Waals surface area contributed by atoms with Crippen molar-refractivity contribution >= 4 is 39.0 Å². The van der Waals surface area contributed by atoms with Crippen molar-refractivity contribution in [1.29, 1.82) is 0 Å². The van der Waals surface area contributed by atoms with Gasteiger partial charge in [-0.15, -0.1) is 11.3 Å². The SMILES string of the molecule is BrCc1cc2c(s1)CCSC2. The Morgan fingerprint density at radius 3 is 3.18 bits per heavy atom. The van der Waals surface area contributed by atoms with E-state index in [9.17, 15) is 0 Å². The van der Waals surface area contributed by atoms with E-state index in [0.717, 1.165) is 5.33 Å². The molecule has 0 saturated carbocycles. The van der Waals surface area contributed by atoms with Gasteiger partial charge in [0.2, 0.25) is 0 Å². The van der Waals surface area contributed by atoms with Crippen molar-refractivity contribution in [3.63, 3.8) is 0 Å². The summed E-state index contributed by atoms with van der Waals surface area (Å²) in [5.41, 5.74) is 1.58. The maximum atomic E-state index is 3.49. The van der Waals surface area contributed by atoms with Gasteiger partial charge in [-0.2, -0.15) is 11.8 Å². The molecule has 11 heavy (non-hydrogen) atoms. The van der Waals surface area contributed by atoms with Crippen LogP contribution in [0.1, 0.15) is 15.3 Å². The van der Waals surface area contributed by atoms with Gasteiger partial charge in [0.05, 0.1) is 0 Å². The maximum absolute atomic E-state index is 3.49. The number of rotatable bonds is 1. The molecule has 60 valence electrons. The summed E-state index contributed by atoms with van der Waals surface area (Å²) in [5, 5.41) is 1.02. The van der Waals surface area contributed by atoms with E-state index in [1.54, 1.807) is 10.4 Å². The summed E-state index contributed by atoms with van der Waals surface area (Å²) in [6.07, 6.45) is 1.29. The number of halogens is 1. The lowest BCUT2D eigenvalue weighted by molar-refractivity contribution is 1.13. The first-order valence-corrected chi connectivity index (χ1v) is 6.73. The number of fused-ring (bicyclic) bond motifs is 1. The zero-order valence-electron chi connectivity index (χ0n) is 6.10. The Balaban J connectivity index is 2.32. The monoisotopic (exact) mass is 248 g/mol. The molecule has 2 rings (SSSR count). The Morgan fingerprint density at radius 2 is 2.45 bits per heavy atom. The number of alkyl halides is 1. The molecule has 0 unspecified atom stereocenters. The second-order valence-electron chi connectivity index (χ2n) is 2.60. The molecule has 0 bridgehead atoms. The molecule has 0 nitrogen and oxygen atoms in total. The van der Waals surface area contributed by atoms with Gasteiger partial charge >= 0.3 is 0 Å². The first-order chi connectivity index (χ1) is 5.40. The molecule has 0 saturated heterocycles. The maximum Gasteiger partial charge on any atom is 0.0377 e.